The minimum Gasteiger partial charge on any atom is -0.355 e. The molecule has 1 fully saturated rings. The molecule has 5 heteroatoms. The summed E-state index contributed by atoms with van der Waals surface area (Å²) in [5.41, 5.74) is 6.81. The first kappa shape index (κ1) is 13.8. The van der Waals surface area contributed by atoms with E-state index in [2.05, 4.69) is 5.32 Å². The van der Waals surface area contributed by atoms with Crippen molar-refractivity contribution in [2.24, 2.45) is 5.73 Å². The summed E-state index contributed by atoms with van der Waals surface area (Å²) >= 11 is 0. The third kappa shape index (κ3) is 2.42. The molecule has 0 bridgehead atoms. The second-order valence-corrected chi connectivity index (χ2v) is 5.46. The average molecular weight is 265 g/mol. The highest BCUT2D eigenvalue weighted by molar-refractivity contribution is 5.90. The lowest BCUT2D eigenvalue weighted by atomic mass is 9.95. The van der Waals surface area contributed by atoms with Crippen molar-refractivity contribution in [3.63, 3.8) is 0 Å². The van der Waals surface area contributed by atoms with Crippen molar-refractivity contribution in [2.75, 3.05) is 18.0 Å². The number of nitrogens with one attached hydrogen (secondary N) is 1. The second-order valence-electron chi connectivity index (χ2n) is 5.46. The molecule has 1 amide bonds. The zero-order valence-electron chi connectivity index (χ0n) is 11.5. The molecular weight excluding hydrogens is 245 g/mol. The van der Waals surface area contributed by atoms with Crippen LogP contribution in [0.1, 0.15) is 32.4 Å². The highest BCUT2D eigenvalue weighted by atomic mass is 19.1. The molecule has 0 unspecified atom stereocenters. The van der Waals surface area contributed by atoms with Gasteiger partial charge in [0.2, 0.25) is 5.91 Å². The largest absolute Gasteiger partial charge is 0.355 e. The molecule has 0 spiro atoms. The summed E-state index contributed by atoms with van der Waals surface area (Å²) in [6.45, 7) is 6.79. The van der Waals surface area contributed by atoms with E-state index in [-0.39, 0.29) is 17.8 Å². The summed E-state index contributed by atoms with van der Waals surface area (Å²) < 4.78 is 13.4. The van der Waals surface area contributed by atoms with Gasteiger partial charge in [-0.25, -0.2) is 4.39 Å². The van der Waals surface area contributed by atoms with Gasteiger partial charge >= 0.3 is 0 Å². The van der Waals surface area contributed by atoms with Crippen LogP contribution >= 0.6 is 0 Å². The molecule has 0 radical (unpaired) electrons. The molecule has 1 heterocycles. The molecule has 104 valence electrons. The molecule has 0 aromatic heterocycles. The molecule has 0 aliphatic carbocycles. The maximum atomic E-state index is 13.4. The summed E-state index contributed by atoms with van der Waals surface area (Å²) in [6.07, 6.45) is 0. The number of carbonyl (C=O) groups excluding carboxylic acids is 1. The highest BCUT2D eigenvalue weighted by Gasteiger charge is 2.38. The van der Waals surface area contributed by atoms with E-state index in [1.165, 1.54) is 12.1 Å². The summed E-state index contributed by atoms with van der Waals surface area (Å²) in [6, 6.07) is 4.27. The van der Waals surface area contributed by atoms with Gasteiger partial charge in [0.1, 0.15) is 11.4 Å². The van der Waals surface area contributed by atoms with Crippen molar-refractivity contribution in [2.45, 2.75) is 32.4 Å². The van der Waals surface area contributed by atoms with Crippen LogP contribution in [0, 0.1) is 5.82 Å². The lowest BCUT2D eigenvalue weighted by Gasteiger charge is -2.44. The molecule has 1 saturated heterocycles. The Bertz CT molecular complexity index is 499. The number of hydrogen-bond donors (Lipinski definition) is 2. The summed E-state index contributed by atoms with van der Waals surface area (Å²) in [7, 11) is 0. The Hall–Kier alpha value is -1.62. The van der Waals surface area contributed by atoms with E-state index in [4.69, 9.17) is 5.73 Å². The second kappa shape index (κ2) is 4.81. The van der Waals surface area contributed by atoms with E-state index in [1.807, 2.05) is 25.7 Å². The van der Waals surface area contributed by atoms with Crippen LogP contribution in [-0.4, -0.2) is 24.5 Å². The molecule has 19 heavy (non-hydrogen) atoms. The monoisotopic (exact) mass is 265 g/mol. The first-order valence-electron chi connectivity index (χ1n) is 6.45. The molecule has 4 nitrogen and oxygen atoms in total. The van der Waals surface area contributed by atoms with Crippen LogP contribution < -0.4 is 16.0 Å². The minimum atomic E-state index is -0.667. The van der Waals surface area contributed by atoms with Gasteiger partial charge in [-0.1, -0.05) is 0 Å². The number of amides is 1. The van der Waals surface area contributed by atoms with Crippen LogP contribution in [0.15, 0.2) is 18.2 Å². The number of hydrogen-bond acceptors (Lipinski definition) is 3. The van der Waals surface area contributed by atoms with Crippen LogP contribution in [0.3, 0.4) is 0 Å². The number of anilines is 1. The van der Waals surface area contributed by atoms with Gasteiger partial charge in [0.15, 0.2) is 0 Å². The van der Waals surface area contributed by atoms with Crippen molar-refractivity contribution in [3.05, 3.63) is 29.6 Å². The number of carbonyl (C=O) groups is 1. The van der Waals surface area contributed by atoms with Gasteiger partial charge in [-0.05, 0) is 44.5 Å². The molecule has 1 aromatic rings. The fraction of sp³-hybridized carbons (Fsp3) is 0.500. The van der Waals surface area contributed by atoms with Gasteiger partial charge in [0, 0.05) is 24.8 Å². The van der Waals surface area contributed by atoms with E-state index in [0.717, 1.165) is 11.3 Å². The minimum absolute atomic E-state index is 0.0290. The first-order valence-corrected chi connectivity index (χ1v) is 6.45. The van der Waals surface area contributed by atoms with Crippen LogP contribution in [0.2, 0.25) is 0 Å². The molecule has 1 aliphatic rings. The van der Waals surface area contributed by atoms with Gasteiger partial charge in [0.25, 0.3) is 0 Å². The fourth-order valence-electron chi connectivity index (χ4n) is 2.46. The average Bonchev–Trinajstić information content (AvgIpc) is 2.33. The predicted octanol–water partition coefficient (Wildman–Crippen LogP) is 1.56. The standard InChI is InChI=1S/C14H20FN3O/c1-9(16)11-8-10(15)4-5-12(11)18-7-6-17-13(19)14(18,2)3/h4-5,8-9H,6-7,16H2,1-3H3,(H,17,19)/t9-/m0/s1. The SMILES string of the molecule is C[C@H](N)c1cc(F)ccc1N1CCNC(=O)C1(C)C. The molecule has 2 rings (SSSR count). The smallest absolute Gasteiger partial charge is 0.245 e. The van der Waals surface area contributed by atoms with Gasteiger partial charge in [-0.2, -0.15) is 0 Å². The van der Waals surface area contributed by atoms with Gasteiger partial charge < -0.3 is 16.0 Å². The van der Waals surface area contributed by atoms with Crippen molar-refractivity contribution in [3.8, 4) is 0 Å². The highest BCUT2D eigenvalue weighted by Crippen LogP contribution is 2.32. The van der Waals surface area contributed by atoms with Gasteiger partial charge in [0.05, 0.1) is 0 Å². The van der Waals surface area contributed by atoms with Crippen LogP contribution in [0.4, 0.5) is 10.1 Å². The zero-order chi connectivity index (χ0) is 14.2. The van der Waals surface area contributed by atoms with Crippen molar-refractivity contribution in [1.82, 2.24) is 5.32 Å². The Kier molecular flexibility index (Phi) is 3.49. The lowest BCUT2D eigenvalue weighted by molar-refractivity contribution is -0.126. The number of nitrogens with two attached hydrogens (primary N) is 1. The topological polar surface area (TPSA) is 58.4 Å². The first-order chi connectivity index (χ1) is 8.84. The van der Waals surface area contributed by atoms with E-state index in [1.54, 1.807) is 6.07 Å². The molecule has 1 atom stereocenters. The number of nitrogens with zero attached hydrogens (tertiary/aromatic N) is 1. The normalized spacial score (nSPS) is 20.1. The number of rotatable bonds is 2. The third-order valence-corrected chi connectivity index (χ3v) is 3.62. The Morgan fingerprint density at radius 2 is 2.16 bits per heavy atom. The molecule has 1 aromatic carbocycles. The Morgan fingerprint density at radius 3 is 2.79 bits per heavy atom. The molecule has 3 N–H and O–H groups in total. The fourth-order valence-corrected chi connectivity index (χ4v) is 2.46. The quantitative estimate of drug-likeness (QED) is 0.853. The molecule has 1 aliphatic heterocycles. The molecular formula is C14H20FN3O. The Morgan fingerprint density at radius 1 is 1.47 bits per heavy atom. The molecule has 0 saturated carbocycles. The number of halogens is 1. The van der Waals surface area contributed by atoms with Crippen LogP contribution in [-0.2, 0) is 4.79 Å². The van der Waals surface area contributed by atoms with Gasteiger partial charge in [-0.3, -0.25) is 4.79 Å². The van der Waals surface area contributed by atoms with E-state index < -0.39 is 5.54 Å². The Balaban J connectivity index is 2.49. The number of piperazine rings is 1. The maximum absolute atomic E-state index is 13.4. The van der Waals surface area contributed by atoms with Gasteiger partial charge in [-0.15, -0.1) is 0 Å². The van der Waals surface area contributed by atoms with Crippen LogP contribution in [0.5, 0.6) is 0 Å². The van der Waals surface area contributed by atoms with E-state index in [9.17, 15) is 9.18 Å². The summed E-state index contributed by atoms with van der Waals surface area (Å²) in [5, 5.41) is 2.85. The maximum Gasteiger partial charge on any atom is 0.245 e. The van der Waals surface area contributed by atoms with E-state index >= 15 is 0 Å². The predicted molar refractivity (Wildman–Crippen MR) is 73.4 cm³/mol. The van der Waals surface area contributed by atoms with Crippen molar-refractivity contribution < 1.29 is 9.18 Å². The third-order valence-electron chi connectivity index (χ3n) is 3.62. The Labute approximate surface area is 112 Å². The lowest BCUT2D eigenvalue weighted by Crippen LogP contribution is -2.62. The summed E-state index contributed by atoms with van der Waals surface area (Å²) in [4.78, 5) is 14.0. The van der Waals surface area contributed by atoms with Crippen LogP contribution in [0.25, 0.3) is 0 Å². The van der Waals surface area contributed by atoms with Crippen molar-refractivity contribution >= 4 is 11.6 Å². The van der Waals surface area contributed by atoms with E-state index in [0.29, 0.717) is 13.1 Å². The van der Waals surface area contributed by atoms with Crippen molar-refractivity contribution in [1.29, 1.82) is 0 Å². The zero-order valence-corrected chi connectivity index (χ0v) is 11.5. The summed E-state index contributed by atoms with van der Waals surface area (Å²) in [5.74, 6) is -0.339. The number of benzene rings is 1.